The predicted molar refractivity (Wildman–Crippen MR) is 161 cm³/mol. The topological polar surface area (TPSA) is 133 Å². The normalized spacial score (nSPS) is 18.4. The number of amides is 2. The SMILES string of the molecule is CN(CCc1ccccn1)C[C@H]1C[C@@H](c2ccc(CO)cc2)O[C@@H](c2ccc(CNC(=O)CCCCC(=O)NO)cc2)O1. The molecule has 1 aliphatic rings. The molecule has 2 aromatic carbocycles. The Kier molecular flexibility index (Phi) is 12.6. The largest absolute Gasteiger partial charge is 0.392 e. The summed E-state index contributed by atoms with van der Waals surface area (Å²) in [5, 5.41) is 20.9. The van der Waals surface area contributed by atoms with E-state index in [0.29, 0.717) is 32.2 Å². The molecule has 1 aliphatic heterocycles. The van der Waals surface area contributed by atoms with Gasteiger partial charge in [0.2, 0.25) is 11.8 Å². The highest BCUT2D eigenvalue weighted by molar-refractivity contribution is 5.76. The van der Waals surface area contributed by atoms with Gasteiger partial charge in [0.1, 0.15) is 0 Å². The number of rotatable bonds is 15. The number of aromatic nitrogens is 1. The van der Waals surface area contributed by atoms with Crippen molar-refractivity contribution in [2.45, 2.75) is 70.2 Å². The van der Waals surface area contributed by atoms with Gasteiger partial charge in [-0.1, -0.05) is 54.6 Å². The van der Waals surface area contributed by atoms with Crippen molar-refractivity contribution in [1.29, 1.82) is 0 Å². The Morgan fingerprint density at radius 3 is 2.30 bits per heavy atom. The van der Waals surface area contributed by atoms with Gasteiger partial charge in [0.15, 0.2) is 6.29 Å². The molecule has 230 valence electrons. The first-order valence-corrected chi connectivity index (χ1v) is 14.8. The van der Waals surface area contributed by atoms with Gasteiger partial charge in [-0.3, -0.25) is 19.8 Å². The van der Waals surface area contributed by atoms with Crippen LogP contribution in [0.15, 0.2) is 72.9 Å². The maximum Gasteiger partial charge on any atom is 0.243 e. The van der Waals surface area contributed by atoms with Gasteiger partial charge in [0.05, 0.1) is 18.8 Å². The average molecular weight is 591 g/mol. The molecule has 3 aromatic rings. The van der Waals surface area contributed by atoms with Crippen LogP contribution < -0.4 is 10.8 Å². The number of ether oxygens (including phenoxy) is 2. The maximum absolute atomic E-state index is 12.2. The first-order chi connectivity index (χ1) is 20.9. The number of carbonyl (C=O) groups excluding carboxylic acids is 2. The first-order valence-electron chi connectivity index (χ1n) is 14.8. The third kappa shape index (κ3) is 10.5. The van der Waals surface area contributed by atoms with E-state index in [9.17, 15) is 14.7 Å². The van der Waals surface area contributed by atoms with Crippen LogP contribution in [0.2, 0.25) is 0 Å². The van der Waals surface area contributed by atoms with Crippen molar-refractivity contribution < 1.29 is 29.4 Å². The van der Waals surface area contributed by atoms with Crippen molar-refractivity contribution in [3.05, 3.63) is 101 Å². The van der Waals surface area contributed by atoms with Crippen LogP contribution in [0.3, 0.4) is 0 Å². The summed E-state index contributed by atoms with van der Waals surface area (Å²) in [6.07, 6.45) is 4.21. The monoisotopic (exact) mass is 590 g/mol. The lowest BCUT2D eigenvalue weighted by atomic mass is 9.99. The van der Waals surface area contributed by atoms with Crippen LogP contribution in [0.1, 0.15) is 72.4 Å². The first kappa shape index (κ1) is 32.2. The quantitative estimate of drug-likeness (QED) is 0.119. The molecule has 0 radical (unpaired) electrons. The number of hydroxylamine groups is 1. The molecule has 0 aliphatic carbocycles. The molecule has 0 spiro atoms. The predicted octanol–water partition coefficient (Wildman–Crippen LogP) is 3.98. The molecule has 1 aromatic heterocycles. The molecule has 2 heterocycles. The van der Waals surface area contributed by atoms with Crippen LogP contribution in [-0.4, -0.2) is 58.3 Å². The highest BCUT2D eigenvalue weighted by Gasteiger charge is 2.32. The minimum atomic E-state index is -0.551. The Balaban J connectivity index is 1.35. The number of likely N-dealkylation sites (N-methyl/N-ethyl adjacent to an activating group) is 1. The second kappa shape index (κ2) is 16.8. The number of nitrogens with one attached hydrogen (secondary N) is 2. The second-order valence-corrected chi connectivity index (χ2v) is 10.9. The van der Waals surface area contributed by atoms with Gasteiger partial charge in [0, 0.05) is 62.8 Å². The van der Waals surface area contributed by atoms with Gasteiger partial charge in [-0.05, 0) is 48.7 Å². The molecule has 4 N–H and O–H groups in total. The van der Waals surface area contributed by atoms with Crippen molar-refractivity contribution in [3.63, 3.8) is 0 Å². The van der Waals surface area contributed by atoms with E-state index in [4.69, 9.17) is 14.7 Å². The van der Waals surface area contributed by atoms with E-state index in [-0.39, 0.29) is 31.1 Å². The van der Waals surface area contributed by atoms with Gasteiger partial charge in [-0.15, -0.1) is 0 Å². The van der Waals surface area contributed by atoms with E-state index in [1.54, 1.807) is 5.48 Å². The molecule has 1 fully saturated rings. The second-order valence-electron chi connectivity index (χ2n) is 10.9. The van der Waals surface area contributed by atoms with Crippen LogP contribution >= 0.6 is 0 Å². The van der Waals surface area contributed by atoms with Gasteiger partial charge < -0.3 is 24.8 Å². The summed E-state index contributed by atoms with van der Waals surface area (Å²) < 4.78 is 12.9. The van der Waals surface area contributed by atoms with Crippen molar-refractivity contribution in [2.75, 3.05) is 20.1 Å². The number of hydrogen-bond acceptors (Lipinski definition) is 8. The van der Waals surface area contributed by atoms with Crippen molar-refractivity contribution in [3.8, 4) is 0 Å². The number of unbranched alkanes of at least 4 members (excludes halogenated alkanes) is 1. The molecule has 2 amide bonds. The van der Waals surface area contributed by atoms with E-state index in [0.717, 1.165) is 47.5 Å². The number of nitrogens with zero attached hydrogens (tertiary/aromatic N) is 2. The Labute approximate surface area is 253 Å². The van der Waals surface area contributed by atoms with Crippen molar-refractivity contribution in [1.82, 2.24) is 20.7 Å². The lowest BCUT2D eigenvalue weighted by Crippen LogP contribution is -2.38. The van der Waals surface area contributed by atoms with Crippen molar-refractivity contribution >= 4 is 11.8 Å². The number of carbonyl (C=O) groups is 2. The van der Waals surface area contributed by atoms with Crippen LogP contribution in [0.25, 0.3) is 0 Å². The molecule has 0 unspecified atom stereocenters. The maximum atomic E-state index is 12.2. The third-order valence-corrected chi connectivity index (χ3v) is 7.53. The summed E-state index contributed by atoms with van der Waals surface area (Å²) in [6.45, 7) is 1.99. The smallest absolute Gasteiger partial charge is 0.243 e. The third-order valence-electron chi connectivity index (χ3n) is 7.53. The number of aliphatic hydroxyl groups is 1. The molecule has 3 atom stereocenters. The zero-order valence-electron chi connectivity index (χ0n) is 24.7. The van der Waals surface area contributed by atoms with Crippen LogP contribution in [0, 0.1) is 0 Å². The van der Waals surface area contributed by atoms with E-state index in [1.807, 2.05) is 72.9 Å². The number of benzene rings is 2. The Morgan fingerprint density at radius 2 is 1.63 bits per heavy atom. The standard InChI is InChI=1S/C33H42N4O6/c1-37(19-17-28-6-4-5-18-34-28)22-29-20-30(26-13-11-25(23-38)12-14-26)43-33(42-29)27-15-9-24(10-16-27)21-35-31(39)7-2-3-8-32(40)36-41/h4-6,9-16,18,29-30,33,38,41H,2-3,7-8,17,19-23H2,1H3,(H,35,39)(H,36,40)/t29-,30+,33+/m1/s1. The Bertz CT molecular complexity index is 1270. The van der Waals surface area contributed by atoms with Gasteiger partial charge >= 0.3 is 0 Å². The van der Waals surface area contributed by atoms with Crippen molar-refractivity contribution in [2.24, 2.45) is 0 Å². The van der Waals surface area contributed by atoms with Gasteiger partial charge in [-0.2, -0.15) is 0 Å². The minimum absolute atomic E-state index is 0.00259. The summed E-state index contributed by atoms with van der Waals surface area (Å²) in [7, 11) is 2.09. The fraction of sp³-hybridized carbons (Fsp3) is 0.424. The van der Waals surface area contributed by atoms with Crippen LogP contribution in [0.4, 0.5) is 0 Å². The molecule has 0 saturated carbocycles. The summed E-state index contributed by atoms with van der Waals surface area (Å²) in [5.74, 6) is -0.534. The Morgan fingerprint density at radius 1 is 0.930 bits per heavy atom. The lowest BCUT2D eigenvalue weighted by Gasteiger charge is -2.38. The molecule has 10 heteroatoms. The van der Waals surface area contributed by atoms with E-state index < -0.39 is 12.2 Å². The van der Waals surface area contributed by atoms with Gasteiger partial charge in [0.25, 0.3) is 0 Å². The number of pyridine rings is 1. The zero-order valence-corrected chi connectivity index (χ0v) is 24.7. The Hall–Kier alpha value is -3.67. The zero-order chi connectivity index (χ0) is 30.4. The molecular weight excluding hydrogens is 548 g/mol. The number of aliphatic hydroxyl groups excluding tert-OH is 1. The molecule has 0 bridgehead atoms. The van der Waals surface area contributed by atoms with E-state index >= 15 is 0 Å². The summed E-state index contributed by atoms with van der Waals surface area (Å²) >= 11 is 0. The van der Waals surface area contributed by atoms with E-state index in [2.05, 4.69) is 22.2 Å². The summed E-state index contributed by atoms with van der Waals surface area (Å²) in [5.41, 5.74) is 6.41. The highest BCUT2D eigenvalue weighted by atomic mass is 16.7. The summed E-state index contributed by atoms with van der Waals surface area (Å²) in [4.78, 5) is 30.0. The van der Waals surface area contributed by atoms with Crippen LogP contribution in [-0.2, 0) is 38.6 Å². The highest BCUT2D eigenvalue weighted by Crippen LogP contribution is 2.38. The summed E-state index contributed by atoms with van der Waals surface area (Å²) in [6, 6.07) is 21.7. The fourth-order valence-corrected chi connectivity index (χ4v) is 5.03. The molecular formula is C33H42N4O6. The van der Waals surface area contributed by atoms with Gasteiger partial charge in [-0.25, -0.2) is 5.48 Å². The lowest BCUT2D eigenvalue weighted by molar-refractivity contribution is -0.252. The van der Waals surface area contributed by atoms with Crippen LogP contribution in [0.5, 0.6) is 0 Å². The number of hydrogen-bond donors (Lipinski definition) is 4. The van der Waals surface area contributed by atoms with E-state index in [1.165, 1.54) is 0 Å². The minimum Gasteiger partial charge on any atom is -0.392 e. The molecule has 43 heavy (non-hydrogen) atoms. The molecule has 4 rings (SSSR count). The molecule has 10 nitrogen and oxygen atoms in total. The fourth-order valence-electron chi connectivity index (χ4n) is 5.03. The molecule has 1 saturated heterocycles. The average Bonchev–Trinajstić information content (AvgIpc) is 3.05.